The monoisotopic (exact) mass is 578 g/mol. The molecule has 0 saturated heterocycles. The number of benzene rings is 1. The van der Waals surface area contributed by atoms with E-state index in [2.05, 4.69) is 38.6 Å². The minimum absolute atomic E-state index is 0.0996. The van der Waals surface area contributed by atoms with Gasteiger partial charge in [0.05, 0.1) is 12.5 Å². The molecular formula is C24H34N8O7S. The number of aromatic nitrogens is 1. The number of rotatable bonds is 16. The Kier molecular flexibility index (Phi) is 12.2. The first-order valence-electron chi connectivity index (χ1n) is 12.3. The molecule has 0 aliphatic carbocycles. The lowest BCUT2D eigenvalue weighted by Gasteiger charge is -2.24. The molecule has 0 bridgehead atoms. The van der Waals surface area contributed by atoms with Crippen LogP contribution in [0.25, 0.3) is 10.9 Å². The lowest BCUT2D eigenvalue weighted by atomic mass is 10.0. The topological polar surface area (TPSA) is 268 Å². The zero-order valence-electron chi connectivity index (χ0n) is 21.5. The first kappa shape index (κ1) is 31.9. The number of aliphatic imine (C=N–C) groups is 1. The van der Waals surface area contributed by atoms with Crippen molar-refractivity contribution in [1.29, 1.82) is 0 Å². The van der Waals surface area contributed by atoms with Crippen LogP contribution in [0.4, 0.5) is 0 Å². The maximum atomic E-state index is 12.9. The van der Waals surface area contributed by atoms with Gasteiger partial charge < -0.3 is 48.3 Å². The SMILES string of the molecule is NC(N)=NCCCC(N)C(=O)NC(CS)C(=O)NC(CC(=O)O)C(=O)NC(Cc1c[nH]c2ccccc12)C(=O)O. The van der Waals surface area contributed by atoms with Crippen LogP contribution in [0.1, 0.15) is 24.8 Å². The van der Waals surface area contributed by atoms with Crippen LogP contribution in [0.3, 0.4) is 0 Å². The van der Waals surface area contributed by atoms with Crippen molar-refractivity contribution in [2.45, 2.75) is 49.9 Å². The normalized spacial score (nSPS) is 13.8. The number of amides is 3. The van der Waals surface area contributed by atoms with Crippen molar-refractivity contribution >= 4 is 59.2 Å². The van der Waals surface area contributed by atoms with Gasteiger partial charge in [-0.25, -0.2) is 4.79 Å². The summed E-state index contributed by atoms with van der Waals surface area (Å²) in [5.41, 5.74) is 17.7. The number of nitrogens with zero attached hydrogens (tertiary/aromatic N) is 1. The van der Waals surface area contributed by atoms with Crippen LogP contribution in [0.2, 0.25) is 0 Å². The van der Waals surface area contributed by atoms with E-state index in [4.69, 9.17) is 17.2 Å². The van der Waals surface area contributed by atoms with E-state index in [0.29, 0.717) is 12.0 Å². The predicted octanol–water partition coefficient (Wildman–Crippen LogP) is -1.97. The third kappa shape index (κ3) is 9.77. The number of hydrogen-bond donors (Lipinski definition) is 10. The number of aromatic amines is 1. The third-order valence-electron chi connectivity index (χ3n) is 5.85. The predicted molar refractivity (Wildman–Crippen MR) is 149 cm³/mol. The van der Waals surface area contributed by atoms with Crippen LogP contribution >= 0.6 is 12.6 Å². The summed E-state index contributed by atoms with van der Waals surface area (Å²) in [5, 5.41) is 26.7. The van der Waals surface area contributed by atoms with Gasteiger partial charge in [-0.2, -0.15) is 12.6 Å². The second-order valence-electron chi connectivity index (χ2n) is 8.92. The first-order chi connectivity index (χ1) is 18.9. The molecule has 0 spiro atoms. The molecule has 2 aromatic rings. The average molecular weight is 579 g/mol. The number of carboxylic acid groups (broad SMARTS) is 2. The molecule has 1 aromatic heterocycles. The number of aliphatic carboxylic acids is 2. The molecular weight excluding hydrogens is 544 g/mol. The summed E-state index contributed by atoms with van der Waals surface area (Å²) < 4.78 is 0. The number of carbonyl (C=O) groups is 5. The summed E-state index contributed by atoms with van der Waals surface area (Å²) in [6, 6.07) is 1.87. The number of para-hydroxylation sites is 1. The van der Waals surface area contributed by atoms with Crippen molar-refractivity contribution in [3.8, 4) is 0 Å². The number of carbonyl (C=O) groups excluding carboxylic acids is 3. The van der Waals surface area contributed by atoms with Crippen LogP contribution in [0.15, 0.2) is 35.5 Å². The van der Waals surface area contributed by atoms with Crippen molar-refractivity contribution in [3.05, 3.63) is 36.0 Å². The van der Waals surface area contributed by atoms with Gasteiger partial charge >= 0.3 is 11.9 Å². The molecule has 4 atom stereocenters. The van der Waals surface area contributed by atoms with E-state index in [1.807, 2.05) is 12.1 Å². The lowest BCUT2D eigenvalue weighted by molar-refractivity contribution is -0.143. The Morgan fingerprint density at radius 3 is 2.20 bits per heavy atom. The van der Waals surface area contributed by atoms with E-state index in [-0.39, 0.29) is 31.1 Å². The molecule has 40 heavy (non-hydrogen) atoms. The highest BCUT2D eigenvalue weighted by Crippen LogP contribution is 2.19. The van der Waals surface area contributed by atoms with Gasteiger partial charge in [-0.05, 0) is 24.5 Å². The van der Waals surface area contributed by atoms with E-state index in [9.17, 15) is 34.2 Å². The maximum absolute atomic E-state index is 12.9. The number of nitrogens with one attached hydrogen (secondary N) is 4. The molecule has 0 aliphatic rings. The number of fused-ring (bicyclic) bond motifs is 1. The highest BCUT2D eigenvalue weighted by atomic mass is 32.1. The van der Waals surface area contributed by atoms with Gasteiger partial charge in [0.2, 0.25) is 17.7 Å². The Bertz CT molecular complexity index is 1250. The molecule has 16 heteroatoms. The Balaban J connectivity index is 2.06. The summed E-state index contributed by atoms with van der Waals surface area (Å²) in [6.45, 7) is 0.253. The number of guanidine groups is 1. The average Bonchev–Trinajstić information content (AvgIpc) is 3.30. The third-order valence-corrected chi connectivity index (χ3v) is 6.21. The number of thiol groups is 1. The van der Waals surface area contributed by atoms with Crippen LogP contribution in [-0.4, -0.2) is 87.3 Å². The van der Waals surface area contributed by atoms with Crippen LogP contribution < -0.4 is 33.2 Å². The Labute approximate surface area is 234 Å². The molecule has 1 heterocycles. The smallest absolute Gasteiger partial charge is 0.326 e. The summed E-state index contributed by atoms with van der Waals surface area (Å²) in [5.74, 6) is -5.67. The fourth-order valence-electron chi connectivity index (χ4n) is 3.77. The summed E-state index contributed by atoms with van der Waals surface area (Å²) >= 11 is 4.05. The Hall–Kier alpha value is -4.31. The van der Waals surface area contributed by atoms with Gasteiger partial charge in [-0.3, -0.25) is 24.2 Å². The number of hydrogen-bond acceptors (Lipinski definition) is 8. The van der Waals surface area contributed by atoms with E-state index in [0.717, 1.165) is 10.9 Å². The van der Waals surface area contributed by atoms with Gasteiger partial charge in [0.1, 0.15) is 18.1 Å². The molecule has 1 aromatic carbocycles. The van der Waals surface area contributed by atoms with Crippen molar-refractivity contribution < 1.29 is 34.2 Å². The standard InChI is InChI=1S/C24H34N8O7S/c25-14(5-3-7-28-24(26)27)20(35)32-18(11-40)22(37)30-16(9-19(33)34)21(36)31-17(23(38)39)8-12-10-29-15-6-2-1-4-13(12)15/h1-2,4,6,10,14,16-18,29,40H,3,5,7-9,11,25H2,(H,30,37)(H,31,36)(H,32,35)(H,33,34)(H,38,39)(H4,26,27,28). The lowest BCUT2D eigenvalue weighted by Crippen LogP contribution is -2.58. The number of H-pyrrole nitrogens is 1. The molecule has 0 radical (unpaired) electrons. The van der Waals surface area contributed by atoms with Gasteiger partial charge in [-0.1, -0.05) is 18.2 Å². The molecule has 2 rings (SSSR count). The molecule has 3 amide bonds. The zero-order chi connectivity index (χ0) is 29.8. The van der Waals surface area contributed by atoms with Gasteiger partial charge in [0.25, 0.3) is 0 Å². The number of carboxylic acids is 2. The molecule has 0 fully saturated rings. The van der Waals surface area contributed by atoms with Crippen molar-refractivity contribution in [2.24, 2.45) is 22.2 Å². The molecule has 0 aliphatic heterocycles. The van der Waals surface area contributed by atoms with Crippen molar-refractivity contribution in [1.82, 2.24) is 20.9 Å². The fourth-order valence-corrected chi connectivity index (χ4v) is 4.03. The van der Waals surface area contributed by atoms with Gasteiger partial charge in [0.15, 0.2) is 5.96 Å². The van der Waals surface area contributed by atoms with E-state index >= 15 is 0 Å². The van der Waals surface area contributed by atoms with Crippen molar-refractivity contribution in [3.63, 3.8) is 0 Å². The minimum Gasteiger partial charge on any atom is -0.481 e. The first-order valence-corrected chi connectivity index (χ1v) is 12.9. The van der Waals surface area contributed by atoms with Gasteiger partial charge in [-0.15, -0.1) is 0 Å². The quantitative estimate of drug-likeness (QED) is 0.0454. The van der Waals surface area contributed by atoms with Crippen molar-refractivity contribution in [2.75, 3.05) is 12.3 Å². The highest BCUT2D eigenvalue weighted by Gasteiger charge is 2.31. The summed E-state index contributed by atoms with van der Waals surface area (Å²) in [6.07, 6.45) is 1.29. The van der Waals surface area contributed by atoms with E-state index < -0.39 is 60.2 Å². The van der Waals surface area contributed by atoms with Crippen LogP contribution in [0, 0.1) is 0 Å². The largest absolute Gasteiger partial charge is 0.481 e. The van der Waals surface area contributed by atoms with E-state index in [1.54, 1.807) is 18.3 Å². The summed E-state index contributed by atoms with van der Waals surface area (Å²) in [4.78, 5) is 68.3. The molecule has 0 saturated carbocycles. The zero-order valence-corrected chi connectivity index (χ0v) is 22.4. The molecule has 4 unspecified atom stereocenters. The summed E-state index contributed by atoms with van der Waals surface area (Å²) in [7, 11) is 0. The Morgan fingerprint density at radius 2 is 1.57 bits per heavy atom. The minimum atomic E-state index is -1.64. The molecule has 15 nitrogen and oxygen atoms in total. The maximum Gasteiger partial charge on any atom is 0.326 e. The fraction of sp³-hybridized carbons (Fsp3) is 0.417. The van der Waals surface area contributed by atoms with Crippen LogP contribution in [-0.2, 0) is 30.4 Å². The second kappa shape index (κ2) is 15.3. The number of nitrogens with two attached hydrogens (primary N) is 3. The van der Waals surface area contributed by atoms with E-state index in [1.165, 1.54) is 0 Å². The van der Waals surface area contributed by atoms with Gasteiger partial charge in [0, 0.05) is 35.8 Å². The van der Waals surface area contributed by atoms with Crippen LogP contribution in [0.5, 0.6) is 0 Å². The Morgan fingerprint density at radius 1 is 0.950 bits per heavy atom. The second-order valence-corrected chi connectivity index (χ2v) is 9.29. The molecule has 12 N–H and O–H groups in total. The molecule has 218 valence electrons. The highest BCUT2D eigenvalue weighted by molar-refractivity contribution is 7.80.